The molecule has 0 saturated heterocycles. The molecule has 1 aromatic heterocycles. The molecule has 0 bridgehead atoms. The van der Waals surface area contributed by atoms with Gasteiger partial charge in [0.15, 0.2) is 0 Å². The summed E-state index contributed by atoms with van der Waals surface area (Å²) in [6, 6.07) is 2.39. The van der Waals surface area contributed by atoms with Crippen LogP contribution in [0, 0.1) is 0 Å². The fourth-order valence-corrected chi connectivity index (χ4v) is 2.10. The largest absolute Gasteiger partial charge is 0.433 e. The van der Waals surface area contributed by atoms with Crippen LogP contribution in [0.15, 0.2) is 12.1 Å². The van der Waals surface area contributed by atoms with Gasteiger partial charge in [0.2, 0.25) is 5.91 Å². The lowest BCUT2D eigenvalue weighted by molar-refractivity contribution is -0.141. The SMILES string of the molecule is CCCCCCc1nc(C(F)(F)F)ccc1CNC(=O)CC. The minimum absolute atomic E-state index is 0.128. The number of halogens is 3. The first-order chi connectivity index (χ1) is 10.4. The molecule has 0 radical (unpaired) electrons. The molecule has 0 aliphatic rings. The number of carbonyl (C=O) groups excluding carboxylic acids is 1. The van der Waals surface area contributed by atoms with Gasteiger partial charge in [-0.1, -0.05) is 39.2 Å². The zero-order valence-electron chi connectivity index (χ0n) is 13.1. The van der Waals surface area contributed by atoms with Gasteiger partial charge >= 0.3 is 6.18 Å². The predicted octanol–water partition coefficient (Wildman–Crippen LogP) is 4.25. The van der Waals surface area contributed by atoms with E-state index in [0.717, 1.165) is 31.7 Å². The van der Waals surface area contributed by atoms with Gasteiger partial charge in [-0.15, -0.1) is 0 Å². The predicted molar refractivity (Wildman–Crippen MR) is 79.2 cm³/mol. The molecule has 0 saturated carbocycles. The van der Waals surface area contributed by atoms with E-state index in [-0.39, 0.29) is 12.5 Å². The van der Waals surface area contributed by atoms with Crippen molar-refractivity contribution in [2.75, 3.05) is 0 Å². The quantitative estimate of drug-likeness (QED) is 0.729. The number of hydrogen-bond donors (Lipinski definition) is 1. The van der Waals surface area contributed by atoms with Crippen molar-refractivity contribution in [1.29, 1.82) is 0 Å². The van der Waals surface area contributed by atoms with Crippen LogP contribution in [-0.4, -0.2) is 10.9 Å². The van der Waals surface area contributed by atoms with E-state index in [1.165, 1.54) is 6.07 Å². The van der Waals surface area contributed by atoms with Gasteiger partial charge in [-0.3, -0.25) is 4.79 Å². The van der Waals surface area contributed by atoms with Gasteiger partial charge in [-0.25, -0.2) is 4.98 Å². The number of amides is 1. The lowest BCUT2D eigenvalue weighted by Crippen LogP contribution is -2.23. The number of pyridine rings is 1. The van der Waals surface area contributed by atoms with Crippen LogP contribution in [-0.2, 0) is 23.9 Å². The third kappa shape index (κ3) is 6.03. The highest BCUT2D eigenvalue weighted by Gasteiger charge is 2.32. The Morgan fingerprint density at radius 3 is 2.50 bits per heavy atom. The van der Waals surface area contributed by atoms with Gasteiger partial charge < -0.3 is 5.32 Å². The van der Waals surface area contributed by atoms with Gasteiger partial charge in [0, 0.05) is 18.7 Å². The summed E-state index contributed by atoms with van der Waals surface area (Å²) in [6.45, 7) is 4.03. The third-order valence-electron chi connectivity index (χ3n) is 3.42. The van der Waals surface area contributed by atoms with Crippen molar-refractivity contribution >= 4 is 5.91 Å². The first kappa shape index (κ1) is 18.5. The maximum atomic E-state index is 12.8. The molecule has 3 nitrogen and oxygen atoms in total. The molecule has 0 spiro atoms. The van der Waals surface area contributed by atoms with E-state index in [2.05, 4.69) is 17.2 Å². The van der Waals surface area contributed by atoms with Gasteiger partial charge in [-0.05, 0) is 24.5 Å². The van der Waals surface area contributed by atoms with E-state index in [1.54, 1.807) is 6.92 Å². The standard InChI is InChI=1S/C16H23F3N2O/c1-3-5-6-7-8-13-12(11-20-15(22)4-2)9-10-14(21-13)16(17,18)19/h9-10H,3-8,11H2,1-2H3,(H,20,22). The van der Waals surface area contributed by atoms with Crippen LogP contribution in [0.1, 0.15) is 62.9 Å². The number of nitrogens with zero attached hydrogens (tertiary/aromatic N) is 1. The topological polar surface area (TPSA) is 42.0 Å². The van der Waals surface area contributed by atoms with E-state index < -0.39 is 11.9 Å². The van der Waals surface area contributed by atoms with Gasteiger partial charge in [0.05, 0.1) is 0 Å². The number of rotatable bonds is 8. The smallest absolute Gasteiger partial charge is 0.352 e. The molecular formula is C16H23F3N2O. The first-order valence-electron chi connectivity index (χ1n) is 7.71. The third-order valence-corrected chi connectivity index (χ3v) is 3.42. The molecule has 124 valence electrons. The maximum absolute atomic E-state index is 12.8. The molecule has 1 aromatic rings. The second-order valence-electron chi connectivity index (χ2n) is 5.24. The number of carbonyl (C=O) groups is 1. The van der Waals surface area contributed by atoms with Crippen molar-refractivity contribution in [3.05, 3.63) is 29.1 Å². The number of unbranched alkanes of at least 4 members (excludes halogenated alkanes) is 3. The summed E-state index contributed by atoms with van der Waals surface area (Å²) in [4.78, 5) is 15.1. The summed E-state index contributed by atoms with van der Waals surface area (Å²) in [5.41, 5.74) is 0.220. The minimum Gasteiger partial charge on any atom is -0.352 e. The number of aromatic nitrogens is 1. The van der Waals surface area contributed by atoms with Gasteiger partial charge in [0.1, 0.15) is 5.69 Å². The summed E-state index contributed by atoms with van der Waals surface area (Å²) in [6.07, 6.45) is 0.298. The molecule has 0 aliphatic heterocycles. The van der Waals surface area contributed by atoms with Crippen LogP contribution in [0.5, 0.6) is 0 Å². The van der Waals surface area contributed by atoms with Crippen molar-refractivity contribution < 1.29 is 18.0 Å². The summed E-state index contributed by atoms with van der Waals surface area (Å²) in [7, 11) is 0. The maximum Gasteiger partial charge on any atom is 0.433 e. The van der Waals surface area contributed by atoms with Crippen LogP contribution < -0.4 is 5.32 Å². The molecule has 22 heavy (non-hydrogen) atoms. The number of alkyl halides is 3. The van der Waals surface area contributed by atoms with Crippen LogP contribution in [0.25, 0.3) is 0 Å². The lowest BCUT2D eigenvalue weighted by Gasteiger charge is -2.13. The summed E-state index contributed by atoms with van der Waals surface area (Å²) in [5.74, 6) is -0.128. The Labute approximate surface area is 129 Å². The Hall–Kier alpha value is -1.59. The highest BCUT2D eigenvalue weighted by molar-refractivity contribution is 5.75. The van der Waals surface area contributed by atoms with Crippen molar-refractivity contribution in [3.63, 3.8) is 0 Å². The number of nitrogens with one attached hydrogen (secondary N) is 1. The van der Waals surface area contributed by atoms with E-state index in [0.29, 0.717) is 24.1 Å². The van der Waals surface area contributed by atoms with Crippen molar-refractivity contribution in [1.82, 2.24) is 10.3 Å². The monoisotopic (exact) mass is 316 g/mol. The second kappa shape index (κ2) is 8.76. The average Bonchev–Trinajstić information content (AvgIpc) is 2.48. The number of aryl methyl sites for hydroxylation is 1. The van der Waals surface area contributed by atoms with Crippen LogP contribution in [0.3, 0.4) is 0 Å². The van der Waals surface area contributed by atoms with Gasteiger partial charge in [-0.2, -0.15) is 13.2 Å². The molecule has 1 rings (SSSR count). The Bertz CT molecular complexity index is 487. The lowest BCUT2D eigenvalue weighted by atomic mass is 10.1. The van der Waals surface area contributed by atoms with Crippen LogP contribution in [0.4, 0.5) is 13.2 Å². The van der Waals surface area contributed by atoms with E-state index >= 15 is 0 Å². The average molecular weight is 316 g/mol. The Morgan fingerprint density at radius 2 is 1.91 bits per heavy atom. The Balaban J connectivity index is 2.85. The van der Waals surface area contributed by atoms with E-state index in [9.17, 15) is 18.0 Å². The summed E-state index contributed by atoms with van der Waals surface area (Å²) < 4.78 is 38.3. The van der Waals surface area contributed by atoms with Crippen LogP contribution in [0.2, 0.25) is 0 Å². The molecule has 6 heteroatoms. The van der Waals surface area contributed by atoms with Crippen molar-refractivity contribution in [2.45, 2.75) is 65.1 Å². The van der Waals surface area contributed by atoms with E-state index in [1.807, 2.05) is 0 Å². The molecule has 0 aliphatic carbocycles. The fourth-order valence-electron chi connectivity index (χ4n) is 2.10. The second-order valence-corrected chi connectivity index (χ2v) is 5.24. The summed E-state index contributed by atoms with van der Waals surface area (Å²) >= 11 is 0. The minimum atomic E-state index is -4.44. The number of hydrogen-bond acceptors (Lipinski definition) is 2. The molecule has 0 unspecified atom stereocenters. The molecule has 0 aromatic carbocycles. The molecule has 1 heterocycles. The molecule has 0 atom stereocenters. The highest BCUT2D eigenvalue weighted by Crippen LogP contribution is 2.28. The molecule has 1 N–H and O–H groups in total. The highest BCUT2D eigenvalue weighted by atomic mass is 19.4. The van der Waals surface area contributed by atoms with Crippen LogP contribution >= 0.6 is 0 Å². The van der Waals surface area contributed by atoms with Crippen molar-refractivity contribution in [3.8, 4) is 0 Å². The van der Waals surface area contributed by atoms with E-state index in [4.69, 9.17) is 0 Å². The first-order valence-corrected chi connectivity index (χ1v) is 7.71. The van der Waals surface area contributed by atoms with Gasteiger partial charge in [0.25, 0.3) is 0 Å². The Kier molecular flexibility index (Phi) is 7.35. The molecule has 0 fully saturated rings. The normalized spacial score (nSPS) is 11.5. The summed E-state index contributed by atoms with van der Waals surface area (Å²) in [5, 5.41) is 2.69. The fraction of sp³-hybridized carbons (Fsp3) is 0.625. The molecular weight excluding hydrogens is 293 g/mol. The molecule has 1 amide bonds. The zero-order chi connectivity index (χ0) is 16.6. The van der Waals surface area contributed by atoms with Crippen molar-refractivity contribution in [2.24, 2.45) is 0 Å². The Morgan fingerprint density at radius 1 is 1.18 bits per heavy atom. The zero-order valence-corrected chi connectivity index (χ0v) is 13.1.